The Labute approximate surface area is 186 Å². The zero-order valence-corrected chi connectivity index (χ0v) is 18.0. The zero-order valence-electron chi connectivity index (χ0n) is 18.0. The number of hydrogen-bond acceptors (Lipinski definition) is 7. The Bertz CT molecular complexity index is 984. The van der Waals surface area contributed by atoms with E-state index in [4.69, 9.17) is 14.2 Å². The molecule has 170 valence electrons. The third-order valence-corrected chi connectivity index (χ3v) is 5.80. The van der Waals surface area contributed by atoms with Gasteiger partial charge < -0.3 is 24.4 Å². The summed E-state index contributed by atoms with van der Waals surface area (Å²) in [6.07, 6.45) is 4.41. The van der Waals surface area contributed by atoms with Crippen molar-refractivity contribution < 1.29 is 23.9 Å². The predicted molar refractivity (Wildman–Crippen MR) is 120 cm³/mol. The highest BCUT2D eigenvalue weighted by atomic mass is 16.6. The number of amides is 1. The summed E-state index contributed by atoms with van der Waals surface area (Å²) in [5.41, 5.74) is 1.29. The molecule has 2 aromatic carbocycles. The Hall–Kier alpha value is -3.33. The molecule has 9 nitrogen and oxygen atoms in total. The first-order chi connectivity index (χ1) is 15.5. The number of hydrogen-bond donors (Lipinski definition) is 1. The molecule has 1 amide bonds. The Morgan fingerprint density at radius 2 is 1.88 bits per heavy atom. The van der Waals surface area contributed by atoms with Gasteiger partial charge >= 0.3 is 0 Å². The minimum absolute atomic E-state index is 0.132. The van der Waals surface area contributed by atoms with E-state index in [9.17, 15) is 14.9 Å². The van der Waals surface area contributed by atoms with Crippen molar-refractivity contribution in [1.82, 2.24) is 0 Å². The lowest BCUT2D eigenvalue weighted by Gasteiger charge is -2.30. The summed E-state index contributed by atoms with van der Waals surface area (Å²) in [6.45, 7) is 2.30. The van der Waals surface area contributed by atoms with Crippen LogP contribution in [-0.2, 0) is 4.74 Å². The molecule has 9 heteroatoms. The van der Waals surface area contributed by atoms with Gasteiger partial charge in [0.25, 0.3) is 11.6 Å². The van der Waals surface area contributed by atoms with E-state index >= 15 is 0 Å². The van der Waals surface area contributed by atoms with Gasteiger partial charge in [0.05, 0.1) is 42.6 Å². The maximum absolute atomic E-state index is 13.2. The summed E-state index contributed by atoms with van der Waals surface area (Å²) in [4.78, 5) is 26.0. The number of benzene rings is 2. The smallest absolute Gasteiger partial charge is 0.270 e. The minimum Gasteiger partial charge on any atom is -0.493 e. The van der Waals surface area contributed by atoms with Crippen LogP contribution in [0.25, 0.3) is 0 Å². The largest absolute Gasteiger partial charge is 0.493 e. The highest BCUT2D eigenvalue weighted by Crippen LogP contribution is 2.34. The second kappa shape index (κ2) is 9.86. The molecule has 0 radical (unpaired) electrons. The van der Waals surface area contributed by atoms with Crippen LogP contribution in [0, 0.1) is 10.1 Å². The van der Waals surface area contributed by atoms with Crippen molar-refractivity contribution in [1.29, 1.82) is 0 Å². The van der Waals surface area contributed by atoms with E-state index in [2.05, 4.69) is 5.32 Å². The van der Waals surface area contributed by atoms with Crippen molar-refractivity contribution in [3.63, 3.8) is 0 Å². The molecule has 2 fully saturated rings. The van der Waals surface area contributed by atoms with Crippen LogP contribution in [0.1, 0.15) is 36.0 Å². The van der Waals surface area contributed by atoms with E-state index in [1.807, 2.05) is 4.90 Å². The summed E-state index contributed by atoms with van der Waals surface area (Å²) in [7, 11) is 1.58. The van der Waals surface area contributed by atoms with Gasteiger partial charge in [0.2, 0.25) is 0 Å². The fourth-order valence-corrected chi connectivity index (χ4v) is 4.13. The molecule has 4 rings (SSSR count). The molecule has 0 spiro atoms. The van der Waals surface area contributed by atoms with Gasteiger partial charge in [0, 0.05) is 37.0 Å². The van der Waals surface area contributed by atoms with E-state index < -0.39 is 10.8 Å². The highest BCUT2D eigenvalue weighted by Gasteiger charge is 2.23. The molecule has 0 bridgehead atoms. The Morgan fingerprint density at radius 3 is 2.56 bits per heavy atom. The maximum Gasteiger partial charge on any atom is 0.270 e. The third-order valence-electron chi connectivity index (χ3n) is 5.80. The number of non-ortho nitro benzene ring substituents is 1. The molecule has 1 aliphatic carbocycles. The van der Waals surface area contributed by atoms with Crippen molar-refractivity contribution in [3.8, 4) is 11.5 Å². The molecule has 2 aliphatic rings. The number of nitro benzene ring substituents is 1. The number of carbonyl (C=O) groups is 1. The number of methoxy groups -OCH3 is 1. The highest BCUT2D eigenvalue weighted by molar-refractivity contribution is 6.08. The summed E-state index contributed by atoms with van der Waals surface area (Å²) in [6, 6.07) is 9.57. The lowest BCUT2D eigenvalue weighted by molar-refractivity contribution is -0.384. The van der Waals surface area contributed by atoms with Crippen LogP contribution in [0.4, 0.5) is 17.1 Å². The van der Waals surface area contributed by atoms with Gasteiger partial charge in [0.15, 0.2) is 11.5 Å². The maximum atomic E-state index is 13.2. The van der Waals surface area contributed by atoms with Crippen LogP contribution in [-0.4, -0.2) is 50.3 Å². The number of nitrogens with zero attached hydrogens (tertiary/aromatic N) is 2. The Morgan fingerprint density at radius 1 is 1.12 bits per heavy atom. The second-order valence-corrected chi connectivity index (χ2v) is 7.90. The van der Waals surface area contributed by atoms with Gasteiger partial charge in [0.1, 0.15) is 0 Å². The lowest BCUT2D eigenvalue weighted by Crippen LogP contribution is -2.37. The van der Waals surface area contributed by atoms with Gasteiger partial charge in [-0.3, -0.25) is 14.9 Å². The molecule has 0 aromatic heterocycles. The average Bonchev–Trinajstić information content (AvgIpc) is 3.32. The van der Waals surface area contributed by atoms with Crippen LogP contribution >= 0.6 is 0 Å². The molecule has 1 N–H and O–H groups in total. The fraction of sp³-hybridized carbons (Fsp3) is 0.435. The van der Waals surface area contributed by atoms with E-state index in [0.29, 0.717) is 49.2 Å². The van der Waals surface area contributed by atoms with Crippen molar-refractivity contribution in [3.05, 3.63) is 52.1 Å². The number of ether oxygens (including phenoxy) is 3. The monoisotopic (exact) mass is 441 g/mol. The quantitative estimate of drug-likeness (QED) is 0.511. The van der Waals surface area contributed by atoms with Crippen LogP contribution in [0.3, 0.4) is 0 Å². The number of morpholine rings is 1. The van der Waals surface area contributed by atoms with E-state index in [1.165, 1.54) is 12.1 Å². The molecular weight excluding hydrogens is 414 g/mol. The molecule has 0 atom stereocenters. The fourth-order valence-electron chi connectivity index (χ4n) is 4.13. The lowest BCUT2D eigenvalue weighted by atomic mass is 10.1. The van der Waals surface area contributed by atoms with Crippen LogP contribution in [0.5, 0.6) is 11.5 Å². The van der Waals surface area contributed by atoms with Gasteiger partial charge in [-0.1, -0.05) is 0 Å². The van der Waals surface area contributed by atoms with Gasteiger partial charge in [-0.25, -0.2) is 0 Å². The van der Waals surface area contributed by atoms with Crippen LogP contribution in [0.2, 0.25) is 0 Å². The van der Waals surface area contributed by atoms with Crippen molar-refractivity contribution in [2.75, 3.05) is 43.6 Å². The molecule has 1 heterocycles. The zero-order chi connectivity index (χ0) is 22.5. The molecule has 1 saturated heterocycles. The Kier molecular flexibility index (Phi) is 6.75. The standard InChI is InChI=1S/C23H27N3O6/c1-30-21-9-6-16(14-22(21)32-18-4-2-3-5-18)24-23(27)19-15-17(26(28)29)7-8-20(19)25-10-12-31-13-11-25/h6-9,14-15,18H,2-5,10-13H2,1H3,(H,24,27). The number of anilines is 2. The SMILES string of the molecule is COc1ccc(NC(=O)c2cc([N+](=O)[O-])ccc2N2CCOCC2)cc1OC1CCCC1. The normalized spacial score (nSPS) is 16.6. The minimum atomic E-state index is -0.499. The first kappa shape index (κ1) is 21.9. The first-order valence-corrected chi connectivity index (χ1v) is 10.8. The van der Waals surface area contributed by atoms with Crippen molar-refractivity contribution >= 4 is 23.0 Å². The molecule has 2 aromatic rings. The second-order valence-electron chi connectivity index (χ2n) is 7.90. The van der Waals surface area contributed by atoms with E-state index in [0.717, 1.165) is 25.7 Å². The van der Waals surface area contributed by atoms with Gasteiger partial charge in [-0.15, -0.1) is 0 Å². The van der Waals surface area contributed by atoms with Gasteiger partial charge in [-0.2, -0.15) is 0 Å². The number of nitro groups is 1. The van der Waals surface area contributed by atoms with E-state index in [-0.39, 0.29) is 17.4 Å². The van der Waals surface area contributed by atoms with E-state index in [1.54, 1.807) is 31.4 Å². The van der Waals surface area contributed by atoms with Crippen LogP contribution in [0.15, 0.2) is 36.4 Å². The summed E-state index contributed by atoms with van der Waals surface area (Å²) in [5.74, 6) is 0.746. The average molecular weight is 441 g/mol. The topological polar surface area (TPSA) is 103 Å². The summed E-state index contributed by atoms with van der Waals surface area (Å²) >= 11 is 0. The first-order valence-electron chi connectivity index (χ1n) is 10.8. The summed E-state index contributed by atoms with van der Waals surface area (Å²) in [5, 5.41) is 14.2. The molecular formula is C23H27N3O6. The van der Waals surface area contributed by atoms with Crippen molar-refractivity contribution in [2.24, 2.45) is 0 Å². The number of nitrogens with one attached hydrogen (secondary N) is 1. The number of carbonyl (C=O) groups excluding carboxylic acids is 1. The molecule has 1 saturated carbocycles. The molecule has 0 unspecified atom stereocenters. The van der Waals surface area contributed by atoms with Gasteiger partial charge in [-0.05, 0) is 43.9 Å². The number of rotatable bonds is 7. The summed E-state index contributed by atoms with van der Waals surface area (Å²) < 4.78 is 16.9. The van der Waals surface area contributed by atoms with Crippen LogP contribution < -0.4 is 19.7 Å². The molecule has 32 heavy (non-hydrogen) atoms. The third kappa shape index (κ3) is 4.94. The van der Waals surface area contributed by atoms with Crippen molar-refractivity contribution in [2.45, 2.75) is 31.8 Å². The molecule has 1 aliphatic heterocycles. The predicted octanol–water partition coefficient (Wildman–Crippen LogP) is 4.01. The Balaban J connectivity index is 1.60.